The zero-order valence-electron chi connectivity index (χ0n) is 9.45. The van der Waals surface area contributed by atoms with Gasteiger partial charge in [0.1, 0.15) is 11.6 Å². The first-order valence-electron chi connectivity index (χ1n) is 5.06. The molecule has 0 aliphatic carbocycles. The van der Waals surface area contributed by atoms with E-state index in [1.807, 2.05) is 6.92 Å². The monoisotopic (exact) mass is 294 g/mol. The van der Waals surface area contributed by atoms with Crippen LogP contribution in [0.2, 0.25) is 0 Å². The lowest BCUT2D eigenvalue weighted by Crippen LogP contribution is -2.12. The Morgan fingerprint density at radius 2 is 2.18 bits per heavy atom. The Hall–Kier alpha value is -1.62. The summed E-state index contributed by atoms with van der Waals surface area (Å²) < 4.78 is 6.13. The summed E-state index contributed by atoms with van der Waals surface area (Å²) in [6, 6.07) is 5.17. The molecule has 17 heavy (non-hydrogen) atoms. The molecule has 0 saturated heterocycles. The van der Waals surface area contributed by atoms with Crippen LogP contribution in [-0.4, -0.2) is 10.9 Å². The molecule has 2 rings (SSSR count). The predicted molar refractivity (Wildman–Crippen MR) is 68.1 cm³/mol. The normalized spacial score (nSPS) is 10.3. The molecule has 0 atom stereocenters. The number of carbonyl (C=O) groups excluding carboxylic acids is 1. The van der Waals surface area contributed by atoms with Crippen LogP contribution >= 0.6 is 15.9 Å². The van der Waals surface area contributed by atoms with E-state index in [2.05, 4.69) is 26.2 Å². The Morgan fingerprint density at radius 3 is 2.76 bits per heavy atom. The zero-order valence-corrected chi connectivity index (χ0v) is 11.0. The highest BCUT2D eigenvalue weighted by Crippen LogP contribution is 2.18. The minimum atomic E-state index is -0.299. The van der Waals surface area contributed by atoms with Crippen LogP contribution in [0.3, 0.4) is 0 Å². The number of rotatable bonds is 2. The standard InChI is InChI=1S/C12H11BrN2O2/c1-7-5-11(14-6-9(7)13)15-12(16)10-4-3-8(2)17-10/h3-6H,1-2H3,(H,14,15,16). The fourth-order valence-corrected chi connectivity index (χ4v) is 1.56. The van der Waals surface area contributed by atoms with E-state index in [4.69, 9.17) is 4.42 Å². The minimum Gasteiger partial charge on any atom is -0.456 e. The number of nitrogens with zero attached hydrogens (tertiary/aromatic N) is 1. The molecule has 0 bridgehead atoms. The maximum atomic E-state index is 11.8. The summed E-state index contributed by atoms with van der Waals surface area (Å²) in [5.41, 5.74) is 1.01. The summed E-state index contributed by atoms with van der Waals surface area (Å²) >= 11 is 3.35. The number of pyridine rings is 1. The van der Waals surface area contributed by atoms with Crippen molar-refractivity contribution in [2.45, 2.75) is 13.8 Å². The first-order valence-corrected chi connectivity index (χ1v) is 5.85. The molecule has 0 aromatic carbocycles. The van der Waals surface area contributed by atoms with Crippen molar-refractivity contribution in [1.29, 1.82) is 0 Å². The predicted octanol–water partition coefficient (Wildman–Crippen LogP) is 3.31. The Morgan fingerprint density at radius 1 is 1.41 bits per heavy atom. The molecule has 4 nitrogen and oxygen atoms in total. The Kier molecular flexibility index (Phi) is 3.28. The fourth-order valence-electron chi connectivity index (χ4n) is 1.34. The smallest absolute Gasteiger partial charge is 0.292 e. The molecular weight excluding hydrogens is 284 g/mol. The lowest BCUT2D eigenvalue weighted by Gasteiger charge is -2.04. The van der Waals surface area contributed by atoms with E-state index in [0.29, 0.717) is 11.6 Å². The van der Waals surface area contributed by atoms with Crippen LogP contribution in [0.25, 0.3) is 0 Å². The molecule has 0 fully saturated rings. The molecular formula is C12H11BrN2O2. The van der Waals surface area contributed by atoms with Gasteiger partial charge in [-0.15, -0.1) is 0 Å². The van der Waals surface area contributed by atoms with Crippen molar-refractivity contribution in [1.82, 2.24) is 4.98 Å². The molecule has 1 N–H and O–H groups in total. The minimum absolute atomic E-state index is 0.282. The van der Waals surface area contributed by atoms with Crippen molar-refractivity contribution < 1.29 is 9.21 Å². The summed E-state index contributed by atoms with van der Waals surface area (Å²) in [5, 5.41) is 2.67. The first-order chi connectivity index (χ1) is 8.06. The van der Waals surface area contributed by atoms with Gasteiger partial charge in [0, 0.05) is 10.7 Å². The van der Waals surface area contributed by atoms with Gasteiger partial charge in [0.25, 0.3) is 5.91 Å². The van der Waals surface area contributed by atoms with Crippen molar-refractivity contribution >= 4 is 27.7 Å². The molecule has 0 aliphatic rings. The van der Waals surface area contributed by atoms with Crippen molar-refractivity contribution in [2.75, 3.05) is 5.32 Å². The quantitative estimate of drug-likeness (QED) is 0.924. The van der Waals surface area contributed by atoms with Crippen molar-refractivity contribution in [3.05, 3.63) is 46.0 Å². The molecule has 88 valence electrons. The molecule has 2 aromatic heterocycles. The van der Waals surface area contributed by atoms with E-state index in [-0.39, 0.29) is 11.7 Å². The molecule has 0 radical (unpaired) electrons. The summed E-state index contributed by atoms with van der Waals surface area (Å²) in [4.78, 5) is 15.9. The van der Waals surface area contributed by atoms with Crippen LogP contribution < -0.4 is 5.32 Å². The maximum Gasteiger partial charge on any atom is 0.292 e. The third kappa shape index (κ3) is 2.74. The number of carbonyl (C=O) groups is 1. The second kappa shape index (κ2) is 4.71. The number of aromatic nitrogens is 1. The highest BCUT2D eigenvalue weighted by Gasteiger charge is 2.11. The largest absolute Gasteiger partial charge is 0.456 e. The van der Waals surface area contributed by atoms with Gasteiger partial charge in [-0.2, -0.15) is 0 Å². The van der Waals surface area contributed by atoms with E-state index >= 15 is 0 Å². The molecule has 0 unspecified atom stereocenters. The molecule has 2 heterocycles. The van der Waals surface area contributed by atoms with E-state index in [1.54, 1.807) is 31.3 Å². The van der Waals surface area contributed by atoms with Gasteiger partial charge in [0.05, 0.1) is 0 Å². The number of aryl methyl sites for hydroxylation is 2. The SMILES string of the molecule is Cc1ccc(C(=O)Nc2cc(C)c(Br)cn2)o1. The number of amides is 1. The number of furan rings is 1. The lowest BCUT2D eigenvalue weighted by atomic mass is 10.3. The lowest BCUT2D eigenvalue weighted by molar-refractivity contribution is 0.0995. The van der Waals surface area contributed by atoms with Crippen LogP contribution in [0, 0.1) is 13.8 Å². The van der Waals surface area contributed by atoms with Gasteiger partial charge < -0.3 is 9.73 Å². The summed E-state index contributed by atoms with van der Waals surface area (Å²) in [6.07, 6.45) is 1.65. The third-order valence-electron chi connectivity index (χ3n) is 2.25. The van der Waals surface area contributed by atoms with Crippen LogP contribution in [0.15, 0.2) is 33.3 Å². The van der Waals surface area contributed by atoms with Gasteiger partial charge in [-0.1, -0.05) is 0 Å². The Labute approximate surface area is 107 Å². The Bertz CT molecular complexity index is 563. The van der Waals surface area contributed by atoms with Gasteiger partial charge in [-0.25, -0.2) is 4.98 Å². The highest BCUT2D eigenvalue weighted by atomic mass is 79.9. The molecule has 2 aromatic rings. The van der Waals surface area contributed by atoms with Gasteiger partial charge in [0.15, 0.2) is 5.76 Å². The fraction of sp³-hybridized carbons (Fsp3) is 0.167. The van der Waals surface area contributed by atoms with Crippen molar-refractivity contribution in [3.63, 3.8) is 0 Å². The van der Waals surface area contributed by atoms with E-state index in [9.17, 15) is 4.79 Å². The number of anilines is 1. The van der Waals surface area contributed by atoms with Gasteiger partial charge >= 0.3 is 0 Å². The summed E-state index contributed by atoms with van der Waals surface area (Å²) in [5.74, 6) is 1.19. The molecule has 1 amide bonds. The summed E-state index contributed by atoms with van der Waals surface area (Å²) in [7, 11) is 0. The highest BCUT2D eigenvalue weighted by molar-refractivity contribution is 9.10. The van der Waals surface area contributed by atoms with Crippen LogP contribution in [0.4, 0.5) is 5.82 Å². The van der Waals surface area contributed by atoms with E-state index in [1.165, 1.54) is 0 Å². The third-order valence-corrected chi connectivity index (χ3v) is 3.08. The molecule has 0 saturated carbocycles. The van der Waals surface area contributed by atoms with E-state index < -0.39 is 0 Å². The first kappa shape index (κ1) is 11.9. The Balaban J connectivity index is 2.15. The van der Waals surface area contributed by atoms with Crippen molar-refractivity contribution in [3.8, 4) is 0 Å². The van der Waals surface area contributed by atoms with E-state index in [0.717, 1.165) is 10.0 Å². The average Bonchev–Trinajstić information content (AvgIpc) is 2.70. The van der Waals surface area contributed by atoms with Crippen LogP contribution in [0.1, 0.15) is 21.9 Å². The van der Waals surface area contributed by atoms with Gasteiger partial charge in [-0.3, -0.25) is 4.79 Å². The van der Waals surface area contributed by atoms with Crippen LogP contribution in [-0.2, 0) is 0 Å². The van der Waals surface area contributed by atoms with Gasteiger partial charge in [-0.05, 0) is 53.5 Å². The molecule has 5 heteroatoms. The molecule has 0 spiro atoms. The topological polar surface area (TPSA) is 55.1 Å². The second-order valence-corrected chi connectivity index (χ2v) is 4.54. The number of halogens is 1. The zero-order chi connectivity index (χ0) is 12.4. The second-order valence-electron chi connectivity index (χ2n) is 3.68. The van der Waals surface area contributed by atoms with Crippen LogP contribution in [0.5, 0.6) is 0 Å². The number of hydrogen-bond donors (Lipinski definition) is 1. The molecule has 0 aliphatic heterocycles. The van der Waals surface area contributed by atoms with Gasteiger partial charge in [0.2, 0.25) is 0 Å². The number of nitrogens with one attached hydrogen (secondary N) is 1. The number of hydrogen-bond acceptors (Lipinski definition) is 3. The average molecular weight is 295 g/mol. The summed E-state index contributed by atoms with van der Waals surface area (Å²) in [6.45, 7) is 3.72. The maximum absolute atomic E-state index is 11.8. The van der Waals surface area contributed by atoms with Crippen molar-refractivity contribution in [2.24, 2.45) is 0 Å².